The fourth-order valence-corrected chi connectivity index (χ4v) is 2.30. The molecule has 18 heavy (non-hydrogen) atoms. The minimum Gasteiger partial charge on any atom is -1.00 e. The molecule has 0 amide bonds. The smallest absolute Gasteiger partial charge is 1.00 e. The Labute approximate surface area is 130 Å². The van der Waals surface area contributed by atoms with Crippen LogP contribution in [0.25, 0.3) is 0 Å². The summed E-state index contributed by atoms with van der Waals surface area (Å²) in [6, 6.07) is 8.65. The molecule has 2 aliphatic rings. The van der Waals surface area contributed by atoms with Gasteiger partial charge in [-0.1, -0.05) is 24.3 Å². The standard InChI is InChI=1S/C7H6.C6H9NOS.ClH.Li/c1-2-6-4-7(3-1)5-6;1-5(8)4-6-7-2-3-9-6;;/h1-4H,5H2;2-3,5,8H,4H2,1H3;1H;/q;;;+1/p-1. The van der Waals surface area contributed by atoms with Crippen molar-refractivity contribution >= 4 is 11.3 Å². The van der Waals surface area contributed by atoms with Crippen LogP contribution in [-0.2, 0) is 12.8 Å². The molecule has 2 bridgehead atoms. The second kappa shape index (κ2) is 8.74. The fraction of sp³-hybridized carbons (Fsp3) is 0.308. The molecule has 2 nitrogen and oxygen atoms in total. The van der Waals surface area contributed by atoms with Gasteiger partial charge in [-0.05, 0) is 24.5 Å². The van der Waals surface area contributed by atoms with E-state index in [2.05, 4.69) is 29.2 Å². The van der Waals surface area contributed by atoms with Crippen molar-refractivity contribution in [2.24, 2.45) is 0 Å². The van der Waals surface area contributed by atoms with Gasteiger partial charge in [-0.25, -0.2) is 4.98 Å². The number of halogens is 1. The molecule has 1 aromatic heterocycles. The molecule has 1 aromatic carbocycles. The molecule has 2 aromatic rings. The van der Waals surface area contributed by atoms with E-state index in [1.807, 2.05) is 5.38 Å². The van der Waals surface area contributed by atoms with Crippen molar-refractivity contribution in [3.05, 3.63) is 52.0 Å². The maximum Gasteiger partial charge on any atom is 1.00 e. The van der Waals surface area contributed by atoms with Crippen molar-refractivity contribution in [2.45, 2.75) is 25.9 Å². The van der Waals surface area contributed by atoms with Gasteiger partial charge in [-0.15, -0.1) is 11.3 Å². The summed E-state index contributed by atoms with van der Waals surface area (Å²) in [5, 5.41) is 11.8. The third-order valence-electron chi connectivity index (χ3n) is 2.35. The predicted octanol–water partition coefficient (Wildman–Crippen LogP) is -3.33. The van der Waals surface area contributed by atoms with Crippen molar-refractivity contribution < 1.29 is 36.4 Å². The first-order chi connectivity index (χ1) is 7.74. The van der Waals surface area contributed by atoms with Crippen LogP contribution in [0, 0.1) is 0 Å². The molecule has 2 aliphatic carbocycles. The van der Waals surface area contributed by atoms with E-state index in [9.17, 15) is 0 Å². The van der Waals surface area contributed by atoms with Crippen molar-refractivity contribution in [1.29, 1.82) is 0 Å². The van der Waals surface area contributed by atoms with Crippen LogP contribution in [0.4, 0.5) is 0 Å². The first-order valence-corrected chi connectivity index (χ1v) is 6.26. The zero-order valence-electron chi connectivity index (χ0n) is 10.6. The zero-order chi connectivity index (χ0) is 11.4. The van der Waals surface area contributed by atoms with Crippen molar-refractivity contribution in [3.8, 4) is 0 Å². The molecule has 0 fully saturated rings. The summed E-state index contributed by atoms with van der Waals surface area (Å²) in [5.74, 6) is 0. The number of nitrogens with zero attached hydrogens (tertiary/aromatic N) is 1. The van der Waals surface area contributed by atoms with Crippen LogP contribution in [0.1, 0.15) is 23.1 Å². The minimum atomic E-state index is -0.267. The molecule has 1 N–H and O–H groups in total. The number of benzene rings is 1. The number of fused-ring (bicyclic) bond motifs is 2. The SMILES string of the molecule is CC(O)Cc1nccs1.[Cl-].[Li+].c1cc2cc(c1)C2. The molecule has 0 saturated carbocycles. The quantitative estimate of drug-likeness (QED) is 0.496. The van der Waals surface area contributed by atoms with E-state index in [-0.39, 0.29) is 37.4 Å². The molecule has 92 valence electrons. The number of aliphatic hydroxyl groups excluding tert-OH is 1. The Hall–Kier alpha value is -0.303. The maximum atomic E-state index is 8.89. The Morgan fingerprint density at radius 3 is 2.28 bits per heavy atom. The van der Waals surface area contributed by atoms with Crippen LogP contribution < -0.4 is 31.3 Å². The van der Waals surface area contributed by atoms with Crippen molar-refractivity contribution in [2.75, 3.05) is 0 Å². The maximum absolute atomic E-state index is 8.89. The van der Waals surface area contributed by atoms with Gasteiger partial charge in [0.15, 0.2) is 0 Å². The zero-order valence-corrected chi connectivity index (χ0v) is 12.2. The van der Waals surface area contributed by atoms with Gasteiger partial charge < -0.3 is 17.5 Å². The van der Waals surface area contributed by atoms with Crippen LogP contribution in [0.5, 0.6) is 0 Å². The van der Waals surface area contributed by atoms with Gasteiger partial charge in [-0.2, -0.15) is 0 Å². The van der Waals surface area contributed by atoms with Crippen LogP contribution in [0.15, 0.2) is 35.8 Å². The van der Waals surface area contributed by atoms with E-state index in [0.29, 0.717) is 6.42 Å². The number of rotatable bonds is 2. The minimum absolute atomic E-state index is 0. The third kappa shape index (κ3) is 5.56. The summed E-state index contributed by atoms with van der Waals surface area (Å²) in [6.07, 6.45) is 3.38. The summed E-state index contributed by atoms with van der Waals surface area (Å²) in [6.45, 7) is 1.77. The van der Waals surface area contributed by atoms with Crippen molar-refractivity contribution in [3.63, 3.8) is 0 Å². The summed E-state index contributed by atoms with van der Waals surface area (Å²) in [4.78, 5) is 4.01. The van der Waals surface area contributed by atoms with Gasteiger partial charge in [0, 0.05) is 18.0 Å². The van der Waals surface area contributed by atoms with Gasteiger partial charge >= 0.3 is 18.9 Å². The molecule has 0 aliphatic heterocycles. The monoisotopic (exact) mass is 275 g/mol. The predicted molar refractivity (Wildman–Crippen MR) is 66.7 cm³/mol. The van der Waals surface area contributed by atoms with E-state index in [4.69, 9.17) is 5.11 Å². The van der Waals surface area contributed by atoms with Gasteiger partial charge in [0.25, 0.3) is 0 Å². The second-order valence-electron chi connectivity index (χ2n) is 3.98. The van der Waals surface area contributed by atoms with Crippen LogP contribution in [0.2, 0.25) is 0 Å². The molecule has 0 spiro atoms. The van der Waals surface area contributed by atoms with E-state index >= 15 is 0 Å². The van der Waals surface area contributed by atoms with E-state index < -0.39 is 0 Å². The average molecular weight is 276 g/mol. The molecule has 4 rings (SSSR count). The first kappa shape index (κ1) is 17.7. The molecular formula is C13H15ClLiNOS. The number of hydrogen-bond acceptors (Lipinski definition) is 3. The Kier molecular flexibility index (Phi) is 8.59. The number of hydrogen-bond donors (Lipinski definition) is 1. The fourth-order valence-electron chi connectivity index (χ4n) is 1.56. The van der Waals surface area contributed by atoms with E-state index in [0.717, 1.165) is 5.01 Å². The molecule has 5 heteroatoms. The average Bonchev–Trinajstić information content (AvgIpc) is 2.70. The first-order valence-electron chi connectivity index (χ1n) is 5.38. The van der Waals surface area contributed by atoms with Gasteiger partial charge in [0.1, 0.15) is 0 Å². The summed E-state index contributed by atoms with van der Waals surface area (Å²) in [7, 11) is 0. The molecular weight excluding hydrogens is 261 g/mol. The topological polar surface area (TPSA) is 33.1 Å². The van der Waals surface area contributed by atoms with Gasteiger partial charge in [0.05, 0.1) is 11.1 Å². The Balaban J connectivity index is 0.000000294. The third-order valence-corrected chi connectivity index (χ3v) is 3.16. The summed E-state index contributed by atoms with van der Waals surface area (Å²) in [5.41, 5.74) is 2.97. The van der Waals surface area contributed by atoms with Crippen LogP contribution in [-0.4, -0.2) is 16.2 Å². The molecule has 1 atom stereocenters. The Bertz CT molecular complexity index is 423. The van der Waals surface area contributed by atoms with Gasteiger partial charge in [-0.3, -0.25) is 0 Å². The van der Waals surface area contributed by atoms with Crippen LogP contribution >= 0.6 is 11.3 Å². The summed E-state index contributed by atoms with van der Waals surface area (Å²) >= 11 is 1.58. The normalized spacial score (nSPS) is 11.9. The second-order valence-corrected chi connectivity index (χ2v) is 4.95. The number of aliphatic hydroxyl groups is 1. The van der Waals surface area contributed by atoms with E-state index in [1.54, 1.807) is 24.5 Å². The Morgan fingerprint density at radius 2 is 2.00 bits per heavy atom. The number of aromatic nitrogens is 1. The molecule has 1 unspecified atom stereocenters. The van der Waals surface area contributed by atoms with Crippen molar-refractivity contribution in [1.82, 2.24) is 4.98 Å². The molecule has 1 heterocycles. The Morgan fingerprint density at radius 1 is 1.39 bits per heavy atom. The van der Waals surface area contributed by atoms with E-state index in [1.165, 1.54) is 17.5 Å². The largest absolute Gasteiger partial charge is 1.00 e. The summed E-state index contributed by atoms with van der Waals surface area (Å²) < 4.78 is 0. The molecule has 0 radical (unpaired) electrons. The van der Waals surface area contributed by atoms with Gasteiger partial charge in [0.2, 0.25) is 0 Å². The molecule has 0 saturated heterocycles. The number of thiazole rings is 1. The van der Waals surface area contributed by atoms with Crippen LogP contribution in [0.3, 0.4) is 0 Å².